The van der Waals surface area contributed by atoms with Crippen LogP contribution in [0, 0.1) is 0 Å². The number of hydrogen-bond acceptors (Lipinski definition) is 7. The van der Waals surface area contributed by atoms with Crippen molar-refractivity contribution in [3.05, 3.63) is 18.2 Å². The smallest absolute Gasteiger partial charge is 0.238 e. The molecule has 0 aliphatic rings. The number of anilines is 1. The minimum Gasteiger partial charge on any atom is -0.399 e. The van der Waals surface area contributed by atoms with E-state index < -0.39 is 10.0 Å². The second-order valence-corrected chi connectivity index (χ2v) is 6.07. The van der Waals surface area contributed by atoms with Gasteiger partial charge in [-0.2, -0.15) is 0 Å². The van der Waals surface area contributed by atoms with Crippen LogP contribution in [0.2, 0.25) is 0 Å². The number of nitrogens with zero attached hydrogens (tertiary/aromatic N) is 4. The number of hydrogen-bond donors (Lipinski definition) is 2. The average Bonchev–Trinajstić information content (AvgIpc) is 2.62. The van der Waals surface area contributed by atoms with E-state index in [0.29, 0.717) is 15.7 Å². The predicted octanol–water partition coefficient (Wildman–Crippen LogP) is -0.409. The van der Waals surface area contributed by atoms with Gasteiger partial charge in [0.05, 0.1) is 4.90 Å². The lowest BCUT2D eigenvalue weighted by Gasteiger charge is -2.04. The molecular formula is C8H10N6O2S2. The Bertz CT molecular complexity index is 681. The first-order valence-electron chi connectivity index (χ1n) is 4.70. The molecule has 2 rings (SSSR count). The molecule has 2 aromatic rings. The van der Waals surface area contributed by atoms with Crippen LogP contribution in [0.1, 0.15) is 0 Å². The zero-order chi connectivity index (χ0) is 13.3. The lowest BCUT2D eigenvalue weighted by atomic mass is 10.3. The Kier molecular flexibility index (Phi) is 3.24. The van der Waals surface area contributed by atoms with Crippen molar-refractivity contribution in [1.29, 1.82) is 0 Å². The van der Waals surface area contributed by atoms with Gasteiger partial charge in [-0.1, -0.05) is 0 Å². The fourth-order valence-corrected chi connectivity index (χ4v) is 2.73. The molecule has 4 N–H and O–H groups in total. The molecule has 0 aliphatic heterocycles. The summed E-state index contributed by atoms with van der Waals surface area (Å²) in [7, 11) is -2.11. The lowest BCUT2D eigenvalue weighted by Crippen LogP contribution is -2.12. The number of aryl methyl sites for hydroxylation is 1. The van der Waals surface area contributed by atoms with Crippen molar-refractivity contribution in [2.45, 2.75) is 14.9 Å². The summed E-state index contributed by atoms with van der Waals surface area (Å²) in [5.74, 6) is 0. The molecule has 1 heterocycles. The fraction of sp³-hybridized carbons (Fsp3) is 0.125. The highest BCUT2D eigenvalue weighted by Gasteiger charge is 2.12. The van der Waals surface area contributed by atoms with Gasteiger partial charge < -0.3 is 5.73 Å². The van der Waals surface area contributed by atoms with Crippen molar-refractivity contribution >= 4 is 27.5 Å². The van der Waals surface area contributed by atoms with E-state index in [1.165, 1.54) is 28.6 Å². The summed E-state index contributed by atoms with van der Waals surface area (Å²) in [6.45, 7) is 0. The summed E-state index contributed by atoms with van der Waals surface area (Å²) in [4.78, 5) is 0.553. The summed E-state index contributed by atoms with van der Waals surface area (Å²) >= 11 is 1.19. The highest BCUT2D eigenvalue weighted by atomic mass is 32.2. The van der Waals surface area contributed by atoms with Crippen LogP contribution in [0.5, 0.6) is 0 Å². The molecule has 0 spiro atoms. The van der Waals surface area contributed by atoms with Gasteiger partial charge in [-0.05, 0) is 40.4 Å². The minimum absolute atomic E-state index is 0.0415. The van der Waals surface area contributed by atoms with Crippen LogP contribution in [-0.4, -0.2) is 28.6 Å². The van der Waals surface area contributed by atoms with E-state index in [1.807, 2.05) is 0 Å². The molecule has 1 aromatic heterocycles. The van der Waals surface area contributed by atoms with Crippen LogP contribution in [0.3, 0.4) is 0 Å². The Balaban J connectivity index is 2.41. The fourth-order valence-electron chi connectivity index (χ4n) is 1.23. The first kappa shape index (κ1) is 12.8. The van der Waals surface area contributed by atoms with Crippen LogP contribution in [0.25, 0.3) is 0 Å². The van der Waals surface area contributed by atoms with Gasteiger partial charge in [0.15, 0.2) is 0 Å². The summed E-state index contributed by atoms with van der Waals surface area (Å²) in [5, 5.41) is 16.5. The van der Waals surface area contributed by atoms with E-state index in [9.17, 15) is 8.42 Å². The van der Waals surface area contributed by atoms with Gasteiger partial charge in [0, 0.05) is 17.6 Å². The molecule has 0 unspecified atom stereocenters. The topological polar surface area (TPSA) is 130 Å². The number of nitrogens with two attached hydrogens (primary N) is 2. The summed E-state index contributed by atoms with van der Waals surface area (Å²) in [6.07, 6.45) is 0. The second-order valence-electron chi connectivity index (χ2n) is 3.47. The third kappa shape index (κ3) is 2.78. The monoisotopic (exact) mass is 286 g/mol. The zero-order valence-corrected chi connectivity index (χ0v) is 10.9. The van der Waals surface area contributed by atoms with Crippen molar-refractivity contribution in [3.8, 4) is 0 Å². The van der Waals surface area contributed by atoms with Gasteiger partial charge in [-0.3, -0.25) is 0 Å². The Morgan fingerprint density at radius 2 is 2.06 bits per heavy atom. The number of aromatic nitrogens is 4. The summed E-state index contributed by atoms with van der Waals surface area (Å²) in [5.41, 5.74) is 5.94. The number of benzene rings is 1. The Morgan fingerprint density at radius 3 is 2.61 bits per heavy atom. The zero-order valence-electron chi connectivity index (χ0n) is 9.31. The molecule has 0 fully saturated rings. The molecule has 1 aromatic carbocycles. The number of nitrogen functional groups attached to an aromatic ring is 1. The van der Waals surface area contributed by atoms with Crippen LogP contribution in [0.15, 0.2) is 33.1 Å². The van der Waals surface area contributed by atoms with Gasteiger partial charge in [-0.15, -0.1) is 5.10 Å². The van der Waals surface area contributed by atoms with Gasteiger partial charge in [-0.25, -0.2) is 18.2 Å². The first-order valence-corrected chi connectivity index (χ1v) is 7.06. The Labute approximate surface area is 107 Å². The van der Waals surface area contributed by atoms with Gasteiger partial charge >= 0.3 is 0 Å². The number of primary sulfonamides is 1. The van der Waals surface area contributed by atoms with Crippen molar-refractivity contribution in [2.24, 2.45) is 12.2 Å². The quantitative estimate of drug-likeness (QED) is 0.733. The summed E-state index contributed by atoms with van der Waals surface area (Å²) < 4.78 is 24.0. The van der Waals surface area contributed by atoms with Crippen LogP contribution < -0.4 is 10.9 Å². The van der Waals surface area contributed by atoms with E-state index in [2.05, 4.69) is 15.5 Å². The molecule has 10 heteroatoms. The average molecular weight is 286 g/mol. The van der Waals surface area contributed by atoms with Crippen molar-refractivity contribution in [2.75, 3.05) is 5.73 Å². The molecule has 96 valence electrons. The molecule has 0 radical (unpaired) electrons. The number of rotatable bonds is 3. The Hall–Kier alpha value is -1.65. The third-order valence-electron chi connectivity index (χ3n) is 2.02. The van der Waals surface area contributed by atoms with E-state index in [1.54, 1.807) is 13.1 Å². The maximum Gasteiger partial charge on any atom is 0.238 e. The van der Waals surface area contributed by atoms with Crippen LogP contribution >= 0.6 is 11.8 Å². The standard InChI is InChI=1S/C8H10N6O2S2/c1-14-8(11-12-13-14)17-6-2-5(9)3-7(4-6)18(10,15)16/h2-4H,9H2,1H3,(H2,10,15,16). The summed E-state index contributed by atoms with van der Waals surface area (Å²) in [6, 6.07) is 4.34. The van der Waals surface area contributed by atoms with Gasteiger partial charge in [0.25, 0.3) is 0 Å². The minimum atomic E-state index is -3.79. The molecule has 0 saturated carbocycles. The largest absolute Gasteiger partial charge is 0.399 e. The highest BCUT2D eigenvalue weighted by molar-refractivity contribution is 7.99. The second kappa shape index (κ2) is 4.55. The lowest BCUT2D eigenvalue weighted by molar-refractivity contribution is 0.597. The predicted molar refractivity (Wildman–Crippen MR) is 65.1 cm³/mol. The first-order chi connectivity index (χ1) is 8.36. The van der Waals surface area contributed by atoms with Gasteiger partial charge in [0.1, 0.15) is 0 Å². The van der Waals surface area contributed by atoms with Crippen molar-refractivity contribution < 1.29 is 8.42 Å². The SMILES string of the molecule is Cn1nnnc1Sc1cc(N)cc(S(N)(=O)=O)c1. The molecule has 0 bridgehead atoms. The van der Waals surface area contributed by atoms with E-state index >= 15 is 0 Å². The molecule has 0 saturated heterocycles. The van der Waals surface area contributed by atoms with E-state index in [0.717, 1.165) is 0 Å². The highest BCUT2D eigenvalue weighted by Crippen LogP contribution is 2.28. The molecule has 8 nitrogen and oxygen atoms in total. The van der Waals surface area contributed by atoms with E-state index in [-0.39, 0.29) is 4.90 Å². The number of sulfonamides is 1. The van der Waals surface area contributed by atoms with Crippen LogP contribution in [0.4, 0.5) is 5.69 Å². The third-order valence-corrected chi connectivity index (χ3v) is 3.91. The normalized spacial score (nSPS) is 11.7. The molecule has 0 amide bonds. The molecular weight excluding hydrogens is 276 g/mol. The van der Waals surface area contributed by atoms with E-state index in [4.69, 9.17) is 10.9 Å². The molecule has 0 atom stereocenters. The van der Waals surface area contributed by atoms with Gasteiger partial charge in [0.2, 0.25) is 15.2 Å². The Morgan fingerprint density at radius 1 is 1.33 bits per heavy atom. The maximum absolute atomic E-state index is 11.3. The molecule has 0 aliphatic carbocycles. The van der Waals surface area contributed by atoms with Crippen molar-refractivity contribution in [1.82, 2.24) is 20.2 Å². The molecule has 18 heavy (non-hydrogen) atoms. The maximum atomic E-state index is 11.3. The van der Waals surface area contributed by atoms with Crippen molar-refractivity contribution in [3.63, 3.8) is 0 Å². The van der Waals surface area contributed by atoms with Crippen LogP contribution in [-0.2, 0) is 17.1 Å². The number of tetrazole rings is 1.